The van der Waals surface area contributed by atoms with Gasteiger partial charge in [-0.2, -0.15) is 9.67 Å². The number of pyridine rings is 2. The molecule has 0 bridgehead atoms. The minimum Gasteiger partial charge on any atom is -0.481 e. The Bertz CT molecular complexity index is 1260. The molecule has 0 atom stereocenters. The van der Waals surface area contributed by atoms with E-state index in [-0.39, 0.29) is 19.4 Å². The summed E-state index contributed by atoms with van der Waals surface area (Å²) in [5.41, 5.74) is 1.87. The molecular formula is C26H36ClN5O5Si. The summed E-state index contributed by atoms with van der Waals surface area (Å²) in [7, 11) is -0.697. The molecule has 0 aliphatic carbocycles. The van der Waals surface area contributed by atoms with Gasteiger partial charge in [-0.1, -0.05) is 24.7 Å². The first-order valence-electron chi connectivity index (χ1n) is 12.6. The maximum absolute atomic E-state index is 11.3. The summed E-state index contributed by atoms with van der Waals surface area (Å²) in [6.45, 7) is 14.4. The first-order chi connectivity index (χ1) is 17.9. The number of carbonyl (C=O) groups is 1. The molecule has 0 unspecified atom stereocenters. The molecule has 0 saturated carbocycles. The fraction of sp³-hybridized carbons (Fsp3) is 0.500. The summed E-state index contributed by atoms with van der Waals surface area (Å²) in [5, 5.41) is 14.2. The molecule has 0 saturated heterocycles. The first kappa shape index (κ1) is 29.5. The molecule has 3 heterocycles. The molecule has 0 spiro atoms. The van der Waals surface area contributed by atoms with Gasteiger partial charge in [-0.25, -0.2) is 4.98 Å². The number of hydrogen-bond acceptors (Lipinski definition) is 8. The second-order valence-corrected chi connectivity index (χ2v) is 14.2. The molecule has 10 nitrogen and oxygen atoms in total. The van der Waals surface area contributed by atoms with Crippen LogP contribution in [0.2, 0.25) is 24.2 Å². The lowest BCUT2D eigenvalue weighted by atomic mass is 9.95. The van der Waals surface area contributed by atoms with E-state index in [1.807, 2.05) is 20.8 Å². The molecule has 0 radical (unpaired) electrons. The van der Waals surface area contributed by atoms with E-state index in [2.05, 4.69) is 33.1 Å². The molecule has 0 aliphatic rings. The highest BCUT2D eigenvalue weighted by atomic mass is 35.5. The maximum atomic E-state index is 11.3. The standard InChI is InChI=1S/C26H36ClN5O5Si/c1-16(2)37-25-30-23(31-32(25)15-35-8-9-38(6)7)22-20(27)11-18(12-29-22)19-13-28-21(10-17(19)3)36-14-26(4,5)24(33)34/h10-13,16,38H,8-9,14-15H2,1-7H3,(H,33,34). The van der Waals surface area contributed by atoms with Crippen molar-refractivity contribution in [2.24, 2.45) is 5.41 Å². The normalized spacial score (nSPS) is 11.8. The smallest absolute Gasteiger partial charge is 0.317 e. The Morgan fingerprint density at radius 3 is 2.55 bits per heavy atom. The summed E-state index contributed by atoms with van der Waals surface area (Å²) in [6.07, 6.45) is 3.26. The van der Waals surface area contributed by atoms with Gasteiger partial charge in [0.25, 0.3) is 0 Å². The average Bonchev–Trinajstić information content (AvgIpc) is 3.21. The van der Waals surface area contributed by atoms with E-state index in [4.69, 9.17) is 25.8 Å². The van der Waals surface area contributed by atoms with Gasteiger partial charge in [0, 0.05) is 45.0 Å². The number of aromatic nitrogens is 5. The van der Waals surface area contributed by atoms with Crippen LogP contribution in [0.1, 0.15) is 33.3 Å². The van der Waals surface area contributed by atoms with Crippen LogP contribution in [-0.4, -0.2) is 63.9 Å². The number of aryl methyl sites for hydroxylation is 1. The lowest BCUT2D eigenvalue weighted by Crippen LogP contribution is -2.30. The highest BCUT2D eigenvalue weighted by Gasteiger charge is 2.28. The van der Waals surface area contributed by atoms with E-state index in [1.165, 1.54) is 0 Å². The summed E-state index contributed by atoms with van der Waals surface area (Å²) in [6, 6.07) is 4.98. The van der Waals surface area contributed by atoms with Crippen molar-refractivity contribution >= 4 is 26.4 Å². The fourth-order valence-corrected chi connectivity index (χ4v) is 4.15. The van der Waals surface area contributed by atoms with Crippen molar-refractivity contribution in [1.29, 1.82) is 0 Å². The van der Waals surface area contributed by atoms with E-state index in [0.29, 0.717) is 35.0 Å². The first-order valence-corrected chi connectivity index (χ1v) is 16.1. The number of hydrogen-bond donors (Lipinski definition) is 1. The predicted octanol–water partition coefficient (Wildman–Crippen LogP) is 5.10. The average molecular weight is 562 g/mol. The van der Waals surface area contributed by atoms with Crippen molar-refractivity contribution in [2.45, 2.75) is 66.6 Å². The minimum atomic E-state index is -1.02. The third-order valence-corrected chi connectivity index (χ3v) is 7.32. The zero-order valence-electron chi connectivity index (χ0n) is 23.0. The molecule has 3 aromatic rings. The molecule has 12 heteroatoms. The SMILES string of the molecule is Cc1cc(OCC(C)(C)C(=O)O)ncc1-c1cnc(-c2nc(OC(C)C)n(COCC[SiH](C)C)n2)c(Cl)c1. The van der Waals surface area contributed by atoms with Crippen LogP contribution in [0, 0.1) is 12.3 Å². The van der Waals surface area contributed by atoms with Gasteiger partial charge in [0.15, 0.2) is 0 Å². The molecule has 0 fully saturated rings. The van der Waals surface area contributed by atoms with Crippen molar-refractivity contribution in [1.82, 2.24) is 24.7 Å². The topological polar surface area (TPSA) is 121 Å². The molecule has 0 aromatic carbocycles. The summed E-state index contributed by atoms with van der Waals surface area (Å²) >= 11 is 6.64. The molecule has 3 aromatic heterocycles. The van der Waals surface area contributed by atoms with E-state index in [1.54, 1.807) is 43.1 Å². The Balaban J connectivity index is 1.80. The maximum Gasteiger partial charge on any atom is 0.317 e. The zero-order chi connectivity index (χ0) is 28.0. The van der Waals surface area contributed by atoms with Crippen molar-refractivity contribution in [2.75, 3.05) is 13.2 Å². The Kier molecular flexibility index (Phi) is 9.86. The van der Waals surface area contributed by atoms with E-state index >= 15 is 0 Å². The van der Waals surface area contributed by atoms with Crippen LogP contribution >= 0.6 is 11.6 Å². The van der Waals surface area contributed by atoms with Gasteiger partial charge in [-0.05, 0) is 52.3 Å². The Hall–Kier alpha value is -3.02. The largest absolute Gasteiger partial charge is 0.481 e. The van der Waals surface area contributed by atoms with Gasteiger partial charge in [-0.15, -0.1) is 5.10 Å². The van der Waals surface area contributed by atoms with Crippen molar-refractivity contribution < 1.29 is 24.1 Å². The number of rotatable bonds is 13. The number of nitrogens with zero attached hydrogens (tertiary/aromatic N) is 5. The van der Waals surface area contributed by atoms with E-state index < -0.39 is 20.2 Å². The summed E-state index contributed by atoms with van der Waals surface area (Å²) in [4.78, 5) is 24.7. The predicted molar refractivity (Wildman–Crippen MR) is 149 cm³/mol. The molecule has 1 N–H and O–H groups in total. The van der Waals surface area contributed by atoms with Crippen molar-refractivity contribution in [3.05, 3.63) is 35.1 Å². The Morgan fingerprint density at radius 1 is 1.21 bits per heavy atom. The van der Waals surface area contributed by atoms with Gasteiger partial charge in [0.1, 0.15) is 19.0 Å². The van der Waals surface area contributed by atoms with Gasteiger partial charge in [-0.3, -0.25) is 9.78 Å². The number of carboxylic acid groups (broad SMARTS) is 1. The highest BCUT2D eigenvalue weighted by molar-refractivity contribution is 6.55. The van der Waals surface area contributed by atoms with Crippen molar-refractivity contribution in [3.63, 3.8) is 0 Å². The second-order valence-electron chi connectivity index (χ2n) is 10.5. The molecule has 38 heavy (non-hydrogen) atoms. The number of carboxylic acids is 1. The summed E-state index contributed by atoms with van der Waals surface area (Å²) in [5.74, 6) is -0.241. The van der Waals surface area contributed by atoms with Crippen LogP contribution in [0.4, 0.5) is 0 Å². The lowest BCUT2D eigenvalue weighted by Gasteiger charge is -2.19. The van der Waals surface area contributed by atoms with Crippen LogP contribution in [0.5, 0.6) is 11.9 Å². The second kappa shape index (κ2) is 12.7. The molecular weight excluding hydrogens is 526 g/mol. The quantitative estimate of drug-likeness (QED) is 0.224. The number of ether oxygens (including phenoxy) is 3. The Morgan fingerprint density at radius 2 is 1.95 bits per heavy atom. The third kappa shape index (κ3) is 7.75. The van der Waals surface area contributed by atoms with Crippen LogP contribution in [0.15, 0.2) is 24.5 Å². The molecule has 0 amide bonds. The Labute approximate surface area is 229 Å². The number of aliphatic carboxylic acids is 1. The van der Waals surface area contributed by atoms with Crippen LogP contribution in [0.3, 0.4) is 0 Å². The number of halogens is 1. The van der Waals surface area contributed by atoms with Crippen LogP contribution in [-0.2, 0) is 16.3 Å². The van der Waals surface area contributed by atoms with Crippen LogP contribution < -0.4 is 9.47 Å². The third-order valence-electron chi connectivity index (χ3n) is 5.64. The van der Waals surface area contributed by atoms with Gasteiger partial charge in [0.2, 0.25) is 11.7 Å². The molecule has 3 rings (SSSR count). The van der Waals surface area contributed by atoms with Crippen molar-refractivity contribution in [3.8, 4) is 34.5 Å². The van der Waals surface area contributed by atoms with Gasteiger partial charge in [0.05, 0.1) is 16.5 Å². The van der Waals surface area contributed by atoms with E-state index in [9.17, 15) is 9.90 Å². The molecule has 0 aliphatic heterocycles. The van der Waals surface area contributed by atoms with Crippen LogP contribution in [0.25, 0.3) is 22.6 Å². The fourth-order valence-electron chi connectivity index (χ4n) is 3.26. The molecule has 206 valence electrons. The zero-order valence-corrected chi connectivity index (χ0v) is 24.9. The summed E-state index contributed by atoms with van der Waals surface area (Å²) < 4.78 is 18.8. The highest BCUT2D eigenvalue weighted by Crippen LogP contribution is 2.32. The van der Waals surface area contributed by atoms with Gasteiger partial charge >= 0.3 is 12.0 Å². The van der Waals surface area contributed by atoms with E-state index in [0.717, 1.165) is 22.7 Å². The monoisotopic (exact) mass is 561 g/mol. The lowest BCUT2D eigenvalue weighted by molar-refractivity contribution is -0.148. The minimum absolute atomic E-state index is 0.00283. The van der Waals surface area contributed by atoms with Gasteiger partial charge < -0.3 is 19.3 Å².